The summed E-state index contributed by atoms with van der Waals surface area (Å²) >= 11 is 0. The largest absolute Gasteiger partial charge is 0.494 e. The molecule has 0 atom stereocenters. The van der Waals surface area contributed by atoms with Crippen LogP contribution >= 0.6 is 0 Å². The molecule has 0 N–H and O–H groups in total. The van der Waals surface area contributed by atoms with Crippen molar-refractivity contribution in [2.24, 2.45) is 0 Å². The molecular formula is C22H28N2O5S. The molecule has 2 aromatic rings. The highest BCUT2D eigenvalue weighted by Gasteiger charge is 2.30. The van der Waals surface area contributed by atoms with Gasteiger partial charge in [0.1, 0.15) is 11.5 Å². The van der Waals surface area contributed by atoms with Crippen LogP contribution in [0, 0.1) is 13.8 Å². The zero-order valence-electron chi connectivity index (χ0n) is 17.6. The molecule has 162 valence electrons. The van der Waals surface area contributed by atoms with Gasteiger partial charge in [-0.25, -0.2) is 8.42 Å². The Hall–Kier alpha value is -2.58. The highest BCUT2D eigenvalue weighted by atomic mass is 32.2. The maximum atomic E-state index is 12.9. The lowest BCUT2D eigenvalue weighted by molar-refractivity contribution is -0.134. The number of piperazine rings is 1. The second-order valence-electron chi connectivity index (χ2n) is 7.22. The molecule has 1 aliphatic rings. The van der Waals surface area contributed by atoms with Crippen LogP contribution in [0.4, 0.5) is 0 Å². The molecule has 3 rings (SSSR count). The Morgan fingerprint density at radius 2 is 1.53 bits per heavy atom. The summed E-state index contributed by atoms with van der Waals surface area (Å²) in [5.74, 6) is 1.14. The standard InChI is InChI=1S/C22H28N2O5S/c1-4-28-19-7-9-21(10-8-19)30(26,27)24-13-11-23(12-14-24)22(25)16-29-20-6-5-17(2)18(3)15-20/h5-10,15H,4,11-14,16H2,1-3H3. The van der Waals surface area contributed by atoms with Crippen LogP contribution < -0.4 is 9.47 Å². The van der Waals surface area contributed by atoms with Crippen molar-refractivity contribution in [2.75, 3.05) is 39.4 Å². The number of nitrogens with zero attached hydrogens (tertiary/aromatic N) is 2. The molecular weight excluding hydrogens is 404 g/mol. The number of hydrogen-bond donors (Lipinski definition) is 0. The molecule has 0 bridgehead atoms. The van der Waals surface area contributed by atoms with Crippen LogP contribution in [0.2, 0.25) is 0 Å². The molecule has 1 saturated heterocycles. The number of ether oxygens (including phenoxy) is 2. The number of benzene rings is 2. The monoisotopic (exact) mass is 432 g/mol. The van der Waals surface area contributed by atoms with Crippen molar-refractivity contribution >= 4 is 15.9 Å². The van der Waals surface area contributed by atoms with Crippen molar-refractivity contribution in [3.05, 3.63) is 53.6 Å². The summed E-state index contributed by atoms with van der Waals surface area (Å²) in [5.41, 5.74) is 2.27. The Labute approximate surface area is 178 Å². The Bertz CT molecular complexity index is 981. The number of sulfonamides is 1. The Morgan fingerprint density at radius 3 is 2.13 bits per heavy atom. The maximum Gasteiger partial charge on any atom is 0.260 e. The lowest BCUT2D eigenvalue weighted by Crippen LogP contribution is -2.51. The van der Waals surface area contributed by atoms with E-state index in [1.807, 2.05) is 39.0 Å². The zero-order chi connectivity index (χ0) is 21.7. The van der Waals surface area contributed by atoms with Gasteiger partial charge in [-0.2, -0.15) is 4.31 Å². The van der Waals surface area contributed by atoms with Crippen LogP contribution in [0.5, 0.6) is 11.5 Å². The van der Waals surface area contributed by atoms with Crippen molar-refractivity contribution < 1.29 is 22.7 Å². The highest BCUT2D eigenvalue weighted by Crippen LogP contribution is 2.21. The molecule has 2 aromatic carbocycles. The fourth-order valence-corrected chi connectivity index (χ4v) is 4.66. The molecule has 0 aliphatic carbocycles. The molecule has 0 aromatic heterocycles. The van der Waals surface area contributed by atoms with Crippen molar-refractivity contribution in [3.63, 3.8) is 0 Å². The molecule has 1 fully saturated rings. The fourth-order valence-electron chi connectivity index (χ4n) is 3.24. The lowest BCUT2D eigenvalue weighted by Gasteiger charge is -2.34. The number of rotatable bonds is 7. The number of carbonyl (C=O) groups is 1. The second-order valence-corrected chi connectivity index (χ2v) is 9.16. The van der Waals surface area contributed by atoms with Crippen LogP contribution in [-0.2, 0) is 14.8 Å². The molecule has 0 unspecified atom stereocenters. The summed E-state index contributed by atoms with van der Waals surface area (Å²) in [6, 6.07) is 12.1. The van der Waals surface area contributed by atoms with Crippen molar-refractivity contribution in [1.29, 1.82) is 0 Å². The smallest absolute Gasteiger partial charge is 0.260 e. The lowest BCUT2D eigenvalue weighted by atomic mass is 10.1. The SMILES string of the molecule is CCOc1ccc(S(=O)(=O)N2CCN(C(=O)COc3ccc(C)c(C)c3)CC2)cc1. The average Bonchev–Trinajstić information content (AvgIpc) is 2.75. The summed E-state index contributed by atoms with van der Waals surface area (Å²) in [7, 11) is -3.60. The van der Waals surface area contributed by atoms with E-state index in [1.54, 1.807) is 29.2 Å². The second kappa shape index (κ2) is 9.49. The van der Waals surface area contributed by atoms with Gasteiger partial charge in [-0.1, -0.05) is 6.07 Å². The molecule has 0 saturated carbocycles. The first kappa shape index (κ1) is 22.1. The minimum Gasteiger partial charge on any atom is -0.494 e. The van der Waals surface area contributed by atoms with E-state index in [0.29, 0.717) is 31.2 Å². The van der Waals surface area contributed by atoms with Gasteiger partial charge in [0, 0.05) is 26.2 Å². The van der Waals surface area contributed by atoms with Gasteiger partial charge >= 0.3 is 0 Å². The van der Waals surface area contributed by atoms with E-state index in [2.05, 4.69) is 0 Å². The van der Waals surface area contributed by atoms with E-state index in [1.165, 1.54) is 9.87 Å². The van der Waals surface area contributed by atoms with Crippen LogP contribution in [0.25, 0.3) is 0 Å². The number of aryl methyl sites for hydroxylation is 2. The minimum absolute atomic E-state index is 0.0614. The normalized spacial score (nSPS) is 15.1. The third-order valence-electron chi connectivity index (χ3n) is 5.20. The van der Waals surface area contributed by atoms with E-state index in [4.69, 9.17) is 9.47 Å². The molecule has 1 aliphatic heterocycles. The van der Waals surface area contributed by atoms with Crippen LogP contribution in [0.3, 0.4) is 0 Å². The van der Waals surface area contributed by atoms with Crippen LogP contribution in [-0.4, -0.2) is 62.9 Å². The fraction of sp³-hybridized carbons (Fsp3) is 0.409. The number of hydrogen-bond acceptors (Lipinski definition) is 5. The Morgan fingerprint density at radius 1 is 0.900 bits per heavy atom. The van der Waals surface area contributed by atoms with Crippen LogP contribution in [0.15, 0.2) is 47.4 Å². The molecule has 1 amide bonds. The Kier molecular flexibility index (Phi) is 6.99. The maximum absolute atomic E-state index is 12.9. The first-order valence-electron chi connectivity index (χ1n) is 10.0. The predicted molar refractivity (Wildman–Crippen MR) is 114 cm³/mol. The van der Waals surface area contributed by atoms with Gasteiger partial charge in [-0.05, 0) is 68.3 Å². The zero-order valence-corrected chi connectivity index (χ0v) is 18.4. The van der Waals surface area contributed by atoms with Crippen molar-refractivity contribution in [2.45, 2.75) is 25.7 Å². The number of amides is 1. The summed E-state index contributed by atoms with van der Waals surface area (Å²) in [5, 5.41) is 0. The van der Waals surface area contributed by atoms with Gasteiger partial charge in [0.2, 0.25) is 10.0 Å². The van der Waals surface area contributed by atoms with Gasteiger partial charge < -0.3 is 14.4 Å². The molecule has 30 heavy (non-hydrogen) atoms. The van der Waals surface area contributed by atoms with E-state index < -0.39 is 10.0 Å². The number of carbonyl (C=O) groups excluding carboxylic acids is 1. The average molecular weight is 433 g/mol. The predicted octanol–water partition coefficient (Wildman–Crippen LogP) is 2.61. The van der Waals surface area contributed by atoms with E-state index in [0.717, 1.165) is 5.56 Å². The first-order chi connectivity index (χ1) is 14.3. The highest BCUT2D eigenvalue weighted by molar-refractivity contribution is 7.89. The van der Waals surface area contributed by atoms with Gasteiger partial charge in [-0.15, -0.1) is 0 Å². The quantitative estimate of drug-likeness (QED) is 0.672. The third kappa shape index (κ3) is 5.12. The van der Waals surface area contributed by atoms with Gasteiger partial charge in [0.15, 0.2) is 6.61 Å². The van der Waals surface area contributed by atoms with Crippen molar-refractivity contribution in [1.82, 2.24) is 9.21 Å². The molecule has 8 heteroatoms. The van der Waals surface area contributed by atoms with E-state index >= 15 is 0 Å². The van der Waals surface area contributed by atoms with E-state index in [9.17, 15) is 13.2 Å². The first-order valence-corrected chi connectivity index (χ1v) is 11.5. The summed E-state index contributed by atoms with van der Waals surface area (Å²) < 4.78 is 38.1. The van der Waals surface area contributed by atoms with Crippen LogP contribution in [0.1, 0.15) is 18.1 Å². The third-order valence-corrected chi connectivity index (χ3v) is 7.12. The minimum atomic E-state index is -3.60. The molecule has 1 heterocycles. The molecule has 0 radical (unpaired) electrons. The summed E-state index contributed by atoms with van der Waals surface area (Å²) in [4.78, 5) is 14.3. The van der Waals surface area contributed by atoms with E-state index in [-0.39, 0.29) is 30.5 Å². The summed E-state index contributed by atoms with van der Waals surface area (Å²) in [6.07, 6.45) is 0. The topological polar surface area (TPSA) is 76.2 Å². The van der Waals surface area contributed by atoms with Gasteiger partial charge in [0.05, 0.1) is 11.5 Å². The Balaban J connectivity index is 1.54. The molecule has 7 nitrogen and oxygen atoms in total. The van der Waals surface area contributed by atoms with Gasteiger partial charge in [-0.3, -0.25) is 4.79 Å². The van der Waals surface area contributed by atoms with Crippen molar-refractivity contribution in [3.8, 4) is 11.5 Å². The molecule has 0 spiro atoms. The summed E-state index contributed by atoms with van der Waals surface area (Å²) in [6.45, 7) is 7.54. The van der Waals surface area contributed by atoms with Gasteiger partial charge in [0.25, 0.3) is 5.91 Å².